The Morgan fingerprint density at radius 1 is 0.329 bits per heavy atom. The molecule has 0 N–H and O–H groups in total. The molecule has 0 saturated carbocycles. The summed E-state index contributed by atoms with van der Waals surface area (Å²) < 4.78 is 3.82. The molecule has 3 heterocycles. The minimum atomic E-state index is 0. The molecule has 85 heavy (non-hydrogen) atoms. The normalized spacial score (nSPS) is 11.3. The van der Waals surface area contributed by atoms with Crippen LogP contribution in [0.5, 0.6) is 0 Å². The third-order valence-corrected chi connectivity index (χ3v) is 16.4. The Kier molecular flexibility index (Phi) is 13.9. The molecule has 12 aromatic carbocycles. The molecule has 6 heteroatoms. The second-order valence-electron chi connectivity index (χ2n) is 21.6. The number of nitrogens with zero attached hydrogens (tertiary/aromatic N) is 5. The minimum Gasteiger partial charge on any atom is -0.303 e. The maximum absolute atomic E-state index is 5.39. The summed E-state index contributed by atoms with van der Waals surface area (Å²) in [7, 11) is 0. The van der Waals surface area contributed by atoms with Crippen LogP contribution >= 0.6 is 0 Å². The molecule has 3 aromatic heterocycles. The summed E-state index contributed by atoms with van der Waals surface area (Å²) in [4.78, 5) is 5.39. The van der Waals surface area contributed by atoms with E-state index in [1.807, 2.05) is 51.8 Å². The molecular formula is C79H52IrN5. The number of fused-ring (bicyclic) bond motifs is 3. The predicted molar refractivity (Wildman–Crippen MR) is 346 cm³/mol. The fraction of sp³-hybridized carbons (Fsp3) is 0.0253. The van der Waals surface area contributed by atoms with Gasteiger partial charge in [-0.3, -0.25) is 9.36 Å². The zero-order valence-corrected chi connectivity index (χ0v) is 49.0. The molecule has 15 aromatic rings. The van der Waals surface area contributed by atoms with Crippen LogP contribution < -0.4 is 0 Å². The second-order valence-corrected chi connectivity index (χ2v) is 21.6. The maximum atomic E-state index is 5.39. The standard InChI is InChI=1S/C79H52N5.Ir/c1-52-43-74-75(44-53(52)2)79(60-22-16-21-59(45-60)56-33-31-55(32-34-56)54-17-4-3-5-18-54)80-49-76(74)73-28-13-12-27-72(73)65-47-63(70-25-10-8-23-68(70)57-35-39-66(40-36-57)83-50-61-19-6-14-29-77(61)81-83)46-64(48-65)71-26-11-9-24-69(71)58-37-41-67(42-38-58)84-51-62-20-7-15-30-78(62)82-84;/h3-21,23-39,41,43-51H,1-2H3;/q-3;+3. The third-order valence-electron chi connectivity index (χ3n) is 16.4. The van der Waals surface area contributed by atoms with E-state index in [-0.39, 0.29) is 20.1 Å². The van der Waals surface area contributed by atoms with Crippen LogP contribution in [0.15, 0.2) is 279 Å². The van der Waals surface area contributed by atoms with E-state index in [2.05, 4.69) is 269 Å². The van der Waals surface area contributed by atoms with Crippen LogP contribution in [0.25, 0.3) is 144 Å². The van der Waals surface area contributed by atoms with Crippen LogP contribution in [-0.2, 0) is 20.1 Å². The number of hydrogen-bond donors (Lipinski definition) is 0. The van der Waals surface area contributed by atoms with Crippen molar-refractivity contribution in [3.8, 4) is 112 Å². The van der Waals surface area contributed by atoms with Gasteiger partial charge < -0.3 is 4.98 Å². The van der Waals surface area contributed by atoms with Crippen molar-refractivity contribution in [3.63, 3.8) is 0 Å². The van der Waals surface area contributed by atoms with E-state index in [9.17, 15) is 0 Å². The van der Waals surface area contributed by atoms with Gasteiger partial charge in [-0.25, -0.2) is 0 Å². The summed E-state index contributed by atoms with van der Waals surface area (Å²) in [6.45, 7) is 4.40. The summed E-state index contributed by atoms with van der Waals surface area (Å²) in [6, 6.07) is 104. The first-order chi connectivity index (χ1) is 41.4. The predicted octanol–water partition coefficient (Wildman–Crippen LogP) is 19.9. The Labute approximate surface area is 508 Å². The summed E-state index contributed by atoms with van der Waals surface area (Å²) in [6.07, 6.45) is 6.20. The minimum absolute atomic E-state index is 0. The number of pyridine rings is 1. The van der Waals surface area contributed by atoms with E-state index in [0.29, 0.717) is 0 Å². The quantitative estimate of drug-likeness (QED) is 0.121. The molecule has 5 nitrogen and oxygen atoms in total. The molecule has 0 aliphatic carbocycles. The van der Waals surface area contributed by atoms with E-state index in [4.69, 9.17) is 15.2 Å². The van der Waals surface area contributed by atoms with Crippen LogP contribution in [0.3, 0.4) is 0 Å². The van der Waals surface area contributed by atoms with Gasteiger partial charge in [0, 0.05) is 34.9 Å². The van der Waals surface area contributed by atoms with Crippen molar-refractivity contribution in [2.75, 3.05) is 0 Å². The number of aryl methyl sites for hydroxylation is 2. The van der Waals surface area contributed by atoms with Gasteiger partial charge in [0.25, 0.3) is 0 Å². The largest absolute Gasteiger partial charge is 3.00 e. The number of rotatable bonds is 11. The van der Waals surface area contributed by atoms with Crippen molar-refractivity contribution in [2.45, 2.75) is 13.8 Å². The first kappa shape index (κ1) is 52.7. The molecule has 0 atom stereocenters. The molecule has 402 valence electrons. The van der Waals surface area contributed by atoms with Gasteiger partial charge in [-0.15, -0.1) is 58.7 Å². The van der Waals surface area contributed by atoms with Gasteiger partial charge >= 0.3 is 20.1 Å². The molecule has 0 spiro atoms. The molecule has 0 aliphatic heterocycles. The van der Waals surface area contributed by atoms with E-state index in [1.54, 1.807) is 0 Å². The molecule has 0 bridgehead atoms. The van der Waals surface area contributed by atoms with Gasteiger partial charge in [-0.1, -0.05) is 187 Å². The first-order valence-electron chi connectivity index (χ1n) is 28.4. The monoisotopic (exact) mass is 1260 g/mol. The molecule has 0 radical (unpaired) electrons. The van der Waals surface area contributed by atoms with E-state index < -0.39 is 0 Å². The zero-order chi connectivity index (χ0) is 56.1. The molecule has 0 unspecified atom stereocenters. The van der Waals surface area contributed by atoms with Gasteiger partial charge in [0.1, 0.15) is 0 Å². The SMILES string of the molecule is Cc1cc2c(-c3ccccc3-c3cc(-c4ccccc4-c4c[c-]c(-n5cc6ccccc6n5)cc4)cc(-c4ccccc4-c4c[c-]c(-n5cc6ccccc6n5)cc4)c3)cnc(-c3[c-]ccc(-c4ccc(-c5ccccc5)cc4)c3)c2cc1C.[Ir+3]. The van der Waals surface area contributed by atoms with Crippen LogP contribution in [0, 0.1) is 32.0 Å². The van der Waals surface area contributed by atoms with Crippen LogP contribution in [0.1, 0.15) is 11.1 Å². The van der Waals surface area contributed by atoms with Crippen molar-refractivity contribution in [2.24, 2.45) is 0 Å². The average molecular weight is 1260 g/mol. The van der Waals surface area contributed by atoms with Gasteiger partial charge in [0.15, 0.2) is 0 Å². The average Bonchev–Trinajstić information content (AvgIpc) is 2.90. The van der Waals surface area contributed by atoms with Crippen LogP contribution in [0.2, 0.25) is 0 Å². The van der Waals surface area contributed by atoms with Crippen molar-refractivity contribution in [1.82, 2.24) is 24.5 Å². The number of hydrogen-bond acceptors (Lipinski definition) is 3. The molecule has 0 fully saturated rings. The second kappa shape index (κ2) is 22.4. The van der Waals surface area contributed by atoms with Crippen LogP contribution in [0.4, 0.5) is 0 Å². The maximum Gasteiger partial charge on any atom is 3.00 e. The van der Waals surface area contributed by atoms with Gasteiger partial charge in [-0.05, 0) is 139 Å². The zero-order valence-electron chi connectivity index (χ0n) is 46.6. The topological polar surface area (TPSA) is 48.5 Å². The Bertz CT molecular complexity index is 4720. The van der Waals surface area contributed by atoms with Gasteiger partial charge in [0.2, 0.25) is 0 Å². The first-order valence-corrected chi connectivity index (χ1v) is 28.4. The molecular weight excluding hydrogens is 1210 g/mol. The van der Waals surface area contributed by atoms with Crippen molar-refractivity contribution >= 4 is 32.6 Å². The van der Waals surface area contributed by atoms with E-state index in [1.165, 1.54) is 22.3 Å². The van der Waals surface area contributed by atoms with E-state index >= 15 is 0 Å². The van der Waals surface area contributed by atoms with Gasteiger partial charge in [-0.2, -0.15) is 46.6 Å². The Hall–Kier alpha value is -10.4. The molecule has 15 rings (SSSR count). The fourth-order valence-corrected chi connectivity index (χ4v) is 11.9. The third kappa shape index (κ3) is 10.1. The van der Waals surface area contributed by atoms with Crippen molar-refractivity contribution in [1.29, 1.82) is 0 Å². The summed E-state index contributed by atoms with van der Waals surface area (Å²) >= 11 is 0. The Morgan fingerprint density at radius 2 is 0.753 bits per heavy atom. The molecule has 0 amide bonds. The number of benzene rings is 12. The van der Waals surface area contributed by atoms with Crippen molar-refractivity contribution in [3.05, 3.63) is 309 Å². The van der Waals surface area contributed by atoms with E-state index in [0.717, 1.165) is 133 Å². The fourth-order valence-electron chi connectivity index (χ4n) is 11.9. The Balaban J connectivity index is 0.00000640. The molecule has 0 aliphatic rings. The Morgan fingerprint density at radius 3 is 1.26 bits per heavy atom. The summed E-state index contributed by atoms with van der Waals surface area (Å²) in [5.74, 6) is 0. The van der Waals surface area contributed by atoms with Gasteiger partial charge in [0.05, 0.1) is 11.0 Å². The smallest absolute Gasteiger partial charge is 0.303 e. The molecule has 0 saturated heterocycles. The van der Waals surface area contributed by atoms with Crippen LogP contribution in [-0.4, -0.2) is 24.5 Å². The number of aromatic nitrogens is 5. The van der Waals surface area contributed by atoms with Crippen molar-refractivity contribution < 1.29 is 20.1 Å². The summed E-state index contributed by atoms with van der Waals surface area (Å²) in [5.41, 5.74) is 25.7. The summed E-state index contributed by atoms with van der Waals surface area (Å²) in [5, 5.41) is 14.1.